The maximum atomic E-state index is 15.6. The Morgan fingerprint density at radius 1 is 0.412 bits per heavy atom. The summed E-state index contributed by atoms with van der Waals surface area (Å²) < 4.78 is 9.20. The predicted molar refractivity (Wildman–Crippen MR) is 343 cm³/mol. The van der Waals surface area contributed by atoms with Crippen molar-refractivity contribution in [1.29, 1.82) is 0 Å². The summed E-state index contributed by atoms with van der Waals surface area (Å²) in [5.41, 5.74) is 4.85. The van der Waals surface area contributed by atoms with Gasteiger partial charge in [0, 0.05) is 87.1 Å². The molecule has 7 heterocycles. The standard InChI is InChI=1S/C58H65N3O7S12/c1-51(2)23-27(24-52(3,4)61(51)66)60-47(62)25-19-21-26(22-20-25)59-48(63)32-41-35(69-53(5,6)75-41)29(36-42(32)76-54(7,8)70-36)28(30-37-43(77-55(9,10)71-37)33(49(64)67-17)44-38(30)72-56(11,12)78-44)31-39-45(79-57(13,14)73-39)34(50(65)68-18)46-40(31)74-58(15,16)80-46/h19-22,27H,23-24H2,1-18H3,(H,59,63)(H,60,62). The van der Waals surface area contributed by atoms with Crippen LogP contribution in [0.5, 0.6) is 0 Å². The molecule has 0 saturated carbocycles. The van der Waals surface area contributed by atoms with Gasteiger partial charge in [-0.3, -0.25) is 9.59 Å². The van der Waals surface area contributed by atoms with E-state index in [9.17, 15) is 19.6 Å². The third-order valence-corrected chi connectivity index (χ3v) is 31.2. The van der Waals surface area contributed by atoms with Crippen LogP contribution in [-0.2, 0) is 14.7 Å². The van der Waals surface area contributed by atoms with Crippen LogP contribution in [0.1, 0.15) is 182 Å². The Balaban J connectivity index is 1.15. The number of hydroxylamine groups is 2. The number of hydrogen-bond donors (Lipinski definition) is 2. The molecule has 0 aromatic heterocycles. The van der Waals surface area contributed by atoms with Crippen molar-refractivity contribution in [2.24, 2.45) is 0 Å². The number of fused-ring (bicyclic) bond motifs is 6. The molecule has 80 heavy (non-hydrogen) atoms. The summed E-state index contributed by atoms with van der Waals surface area (Å²) in [7, 11) is 2.95. The van der Waals surface area contributed by atoms with Gasteiger partial charge in [0.25, 0.3) is 11.8 Å². The fourth-order valence-electron chi connectivity index (χ4n) is 11.6. The Hall–Kier alpha value is -1.12. The van der Waals surface area contributed by atoms with Crippen LogP contribution >= 0.6 is 141 Å². The number of piperidine rings is 1. The van der Waals surface area contributed by atoms with Gasteiger partial charge in [-0.15, -0.1) is 151 Å². The quantitative estimate of drug-likeness (QED) is 0.121. The lowest BCUT2D eigenvalue weighted by Gasteiger charge is -2.50. The summed E-state index contributed by atoms with van der Waals surface area (Å²) in [5, 5.41) is 20.7. The fraction of sp³-hybridized carbons (Fsp3) is 0.500. The van der Waals surface area contributed by atoms with E-state index < -0.39 is 19.2 Å². The summed E-state index contributed by atoms with van der Waals surface area (Å²) in [5.74, 6) is -0.0970. The summed E-state index contributed by atoms with van der Waals surface area (Å²) in [4.78, 5) is 69.9. The minimum Gasteiger partial charge on any atom is -0.465 e. The first kappa shape index (κ1) is 60.6. The molecule has 10 nitrogen and oxygen atoms in total. The van der Waals surface area contributed by atoms with Crippen molar-refractivity contribution in [3.05, 3.63) is 69.1 Å². The lowest BCUT2D eigenvalue weighted by atomic mass is 9.79. The monoisotopic (exact) mass is 1300 g/mol. The summed E-state index contributed by atoms with van der Waals surface area (Å²) >= 11 is 21.1. The smallest absolute Gasteiger partial charge is 0.340 e. The van der Waals surface area contributed by atoms with E-state index in [1.54, 1.807) is 165 Å². The summed E-state index contributed by atoms with van der Waals surface area (Å²) in [6.45, 7) is 34.4. The molecule has 0 bridgehead atoms. The van der Waals surface area contributed by atoms with Crippen molar-refractivity contribution in [2.75, 3.05) is 19.5 Å². The van der Waals surface area contributed by atoms with E-state index in [-0.39, 0.29) is 46.1 Å². The molecular weight excluding hydrogens is 1240 g/mol. The van der Waals surface area contributed by atoms with Crippen LogP contribution in [0, 0.1) is 5.92 Å². The van der Waals surface area contributed by atoms with E-state index in [2.05, 4.69) is 93.7 Å². The number of nitrogens with zero attached hydrogens (tertiary/aromatic N) is 1. The molecular formula is C58H65N3O7S12. The molecule has 0 aliphatic carbocycles. The molecule has 1 saturated heterocycles. The summed E-state index contributed by atoms with van der Waals surface area (Å²) in [6.07, 6.45) is 1.06. The maximum Gasteiger partial charge on any atom is 0.340 e. The van der Waals surface area contributed by atoms with Gasteiger partial charge in [0.1, 0.15) is 0 Å². The Labute approximate surface area is 522 Å². The normalized spacial score (nSPS) is 22.5. The minimum atomic E-state index is -0.631. The highest BCUT2D eigenvalue weighted by Crippen LogP contribution is 2.75. The van der Waals surface area contributed by atoms with Crippen LogP contribution in [0.2, 0.25) is 0 Å². The first-order valence-electron chi connectivity index (χ1n) is 26.2. The minimum absolute atomic E-state index is 0.175. The number of ether oxygens (including phenoxy) is 2. The number of esters is 2. The van der Waals surface area contributed by atoms with E-state index in [4.69, 9.17) is 9.47 Å². The molecule has 0 atom stereocenters. The summed E-state index contributed by atoms with van der Waals surface area (Å²) in [6, 6.07) is 6.91. The van der Waals surface area contributed by atoms with Gasteiger partial charge in [0.05, 0.1) is 61.3 Å². The zero-order valence-electron chi connectivity index (χ0n) is 48.0. The first-order chi connectivity index (χ1) is 37.0. The average molecular weight is 1300 g/mol. The van der Waals surface area contributed by atoms with Crippen molar-refractivity contribution in [1.82, 2.24) is 10.4 Å². The van der Waals surface area contributed by atoms with Crippen molar-refractivity contribution < 1.29 is 33.9 Å². The van der Waals surface area contributed by atoms with Crippen LogP contribution in [0.25, 0.3) is 0 Å². The molecule has 22 heteroatoms. The highest BCUT2D eigenvalue weighted by molar-refractivity contribution is 8.23. The Kier molecular flexibility index (Phi) is 15.5. The lowest BCUT2D eigenvalue weighted by Crippen LogP contribution is -2.62. The zero-order valence-corrected chi connectivity index (χ0v) is 57.8. The average Bonchev–Trinajstić information content (AvgIpc) is 4.16. The van der Waals surface area contributed by atoms with Gasteiger partial charge >= 0.3 is 11.9 Å². The lowest BCUT2D eigenvalue weighted by molar-refractivity contribution is -0.289. The second-order valence-electron chi connectivity index (χ2n) is 24.7. The maximum absolute atomic E-state index is 15.6. The number of hydrogen-bond acceptors (Lipinski definition) is 19. The number of nitrogens with one attached hydrogen (secondary N) is 2. The zero-order chi connectivity index (χ0) is 58.1. The number of carbonyl (C=O) groups excluding carboxylic acids is 4. The van der Waals surface area contributed by atoms with Gasteiger partial charge < -0.3 is 20.1 Å². The van der Waals surface area contributed by atoms with Crippen LogP contribution in [-0.4, -0.2) is 84.6 Å². The highest BCUT2D eigenvalue weighted by Gasteiger charge is 2.54. The van der Waals surface area contributed by atoms with Gasteiger partial charge in [-0.1, -0.05) is 0 Å². The molecule has 2 amide bonds. The number of thioether (sulfide) groups is 12. The van der Waals surface area contributed by atoms with Gasteiger partial charge in [-0.25, -0.2) is 9.59 Å². The van der Waals surface area contributed by atoms with Crippen LogP contribution in [0.4, 0.5) is 5.69 Å². The number of benzene rings is 4. The number of amides is 2. The van der Waals surface area contributed by atoms with Crippen LogP contribution < -0.4 is 10.6 Å². The van der Waals surface area contributed by atoms with Crippen LogP contribution in [0.3, 0.4) is 0 Å². The molecule has 426 valence electrons. The number of carbonyl (C=O) groups is 4. The van der Waals surface area contributed by atoms with Gasteiger partial charge in [0.2, 0.25) is 0 Å². The Bertz CT molecular complexity index is 3140. The number of anilines is 1. The SMILES string of the molecule is COC(=O)c1c2c(c([C](c3c4c(c(C(=O)Nc5ccc(C(=O)NC6CC(C)(C)N([O])C(C)(C)C6)cc5)c5c3SC(C)(C)S5)SC(C)(C)S4)c3c4c(c(C(=O)OC)c5c3SC(C)(C)S5)SC(C)(C)S4)c3c1SC(C)(C)S3)SC(C)(C)S2. The van der Waals surface area contributed by atoms with Crippen LogP contribution in [0.15, 0.2) is 83.0 Å². The van der Waals surface area contributed by atoms with Gasteiger partial charge in [-0.05, 0) is 165 Å². The molecule has 0 spiro atoms. The topological polar surface area (TPSA) is 134 Å². The van der Waals surface area contributed by atoms with Gasteiger partial charge in [0.15, 0.2) is 0 Å². The Morgan fingerprint density at radius 3 is 0.950 bits per heavy atom. The largest absolute Gasteiger partial charge is 0.465 e. The first-order valence-corrected chi connectivity index (χ1v) is 36.0. The van der Waals surface area contributed by atoms with E-state index >= 15 is 4.79 Å². The second-order valence-corrected chi connectivity index (χ2v) is 45.9. The predicted octanol–water partition coefficient (Wildman–Crippen LogP) is 18.2. The highest BCUT2D eigenvalue weighted by atomic mass is 32.2. The van der Waals surface area contributed by atoms with Crippen molar-refractivity contribution in [3.63, 3.8) is 0 Å². The molecule has 7 aliphatic heterocycles. The van der Waals surface area contributed by atoms with Crippen molar-refractivity contribution >= 4 is 171 Å². The van der Waals surface area contributed by atoms with Crippen molar-refractivity contribution in [2.45, 2.75) is 224 Å². The molecule has 2 radical (unpaired) electrons. The van der Waals surface area contributed by atoms with E-state index in [0.29, 0.717) is 40.8 Å². The Morgan fingerprint density at radius 2 is 0.675 bits per heavy atom. The molecule has 4 aromatic carbocycles. The third-order valence-electron chi connectivity index (χ3n) is 14.2. The molecule has 1 fully saturated rings. The molecule has 4 aromatic rings. The van der Waals surface area contributed by atoms with E-state index in [1.165, 1.54) is 14.2 Å². The molecule has 0 unspecified atom stereocenters. The fourth-order valence-corrected chi connectivity index (χ4v) is 29.3. The van der Waals surface area contributed by atoms with E-state index in [1.807, 2.05) is 27.7 Å². The number of rotatable bonds is 9. The number of methoxy groups -OCH3 is 2. The molecule has 11 rings (SSSR count). The molecule has 2 N–H and O–H groups in total. The van der Waals surface area contributed by atoms with Crippen molar-refractivity contribution in [3.8, 4) is 0 Å². The van der Waals surface area contributed by atoms with E-state index in [0.717, 1.165) is 86.4 Å². The van der Waals surface area contributed by atoms with Gasteiger partial charge in [-0.2, -0.15) is 0 Å². The molecule has 7 aliphatic rings. The third kappa shape index (κ3) is 10.8. The second kappa shape index (κ2) is 20.5.